The van der Waals surface area contributed by atoms with Gasteiger partial charge in [-0.2, -0.15) is 5.26 Å². The molecule has 4 aromatic carbocycles. The number of benzene rings is 4. The van der Waals surface area contributed by atoms with Crippen LogP contribution in [0.2, 0.25) is 0 Å². The fraction of sp³-hybridized carbons (Fsp3) is 0.400. The van der Waals surface area contributed by atoms with Crippen LogP contribution in [0.15, 0.2) is 78.9 Å². The van der Waals surface area contributed by atoms with Crippen LogP contribution >= 0.6 is 0 Å². The molecule has 14 nitrogen and oxygen atoms in total. The number of aryl methyl sites for hydroxylation is 1. The van der Waals surface area contributed by atoms with E-state index in [0.29, 0.717) is 108 Å². The summed E-state index contributed by atoms with van der Waals surface area (Å²) >= 11 is 0. The van der Waals surface area contributed by atoms with E-state index in [1.54, 1.807) is 23.1 Å². The van der Waals surface area contributed by atoms with Crippen molar-refractivity contribution >= 4 is 23.4 Å². The Morgan fingerprint density at radius 3 is 2.29 bits per heavy atom. The molecule has 4 aliphatic rings. The standard InChI is InChI=1S/C60H67FN8O6/c1-38-27-54(75-26-23-66-21-24-74-25-22-66)53(61)31-44(38)32-55(71)68-20-17-42-29-51(52(30-45(42)35-68)60(73)69-36-43-12-8-7-11-41(43)28-48(69)37-67-18-9-6-10-19-67)58-57(50-33-47(34-62)64(4)39(50)2)56(40(3)65(58)5)59(72)63-46-13-15-49(70)16-14-46/h7-8,11-16,27,29-31,33,48,70H,6,9-10,17-26,28,32,35-37H2,1-5H3,(H,63,72)/t48-/m0/s1. The third kappa shape index (κ3) is 10.6. The zero-order valence-electron chi connectivity index (χ0n) is 43.8. The number of rotatable bonds is 13. The lowest BCUT2D eigenvalue weighted by molar-refractivity contribution is -0.131. The number of hydrogen-bond donors (Lipinski definition) is 2. The van der Waals surface area contributed by atoms with Crippen molar-refractivity contribution < 1.29 is 33.4 Å². The van der Waals surface area contributed by atoms with E-state index in [1.807, 2.05) is 67.1 Å². The number of aromatic nitrogens is 2. The molecule has 2 saturated heterocycles. The van der Waals surface area contributed by atoms with Crippen LogP contribution < -0.4 is 10.1 Å². The smallest absolute Gasteiger partial charge is 0.258 e. The minimum atomic E-state index is -0.505. The number of halogens is 1. The molecular formula is C60H67FN8O6. The number of phenolic OH excluding ortho intramolecular Hbond substituents is 1. The largest absolute Gasteiger partial charge is 0.508 e. The van der Waals surface area contributed by atoms with Gasteiger partial charge in [-0.05, 0) is 148 Å². The predicted octanol–water partition coefficient (Wildman–Crippen LogP) is 8.48. The normalized spacial score (nSPS) is 17.1. The highest BCUT2D eigenvalue weighted by Crippen LogP contribution is 2.44. The molecule has 6 heterocycles. The first kappa shape index (κ1) is 51.2. The van der Waals surface area contributed by atoms with Gasteiger partial charge in [0.2, 0.25) is 5.91 Å². The third-order valence-corrected chi connectivity index (χ3v) is 16.2. The summed E-state index contributed by atoms with van der Waals surface area (Å²) in [6.45, 7) is 13.5. The van der Waals surface area contributed by atoms with Crippen LogP contribution in [0.3, 0.4) is 0 Å². The summed E-state index contributed by atoms with van der Waals surface area (Å²) in [5, 5.41) is 23.4. The Morgan fingerprint density at radius 1 is 0.813 bits per heavy atom. The number of nitrogens with one attached hydrogen (secondary N) is 1. The summed E-state index contributed by atoms with van der Waals surface area (Å²) < 4.78 is 30.7. The number of ether oxygens (including phenoxy) is 2. The Morgan fingerprint density at radius 2 is 1.56 bits per heavy atom. The van der Waals surface area contributed by atoms with Crippen LogP contribution in [-0.2, 0) is 56.0 Å². The molecule has 10 rings (SSSR count). The Balaban J connectivity index is 1.05. The van der Waals surface area contributed by atoms with Gasteiger partial charge in [0.25, 0.3) is 11.8 Å². The quantitative estimate of drug-likeness (QED) is 0.109. The molecule has 0 radical (unpaired) electrons. The van der Waals surface area contributed by atoms with Gasteiger partial charge in [0, 0.05) is 105 Å². The van der Waals surface area contributed by atoms with Crippen LogP contribution in [-0.4, -0.2) is 123 Å². The van der Waals surface area contributed by atoms with Crippen LogP contribution in [0.4, 0.5) is 10.1 Å². The van der Waals surface area contributed by atoms with Crippen molar-refractivity contribution in [3.63, 3.8) is 0 Å². The number of nitriles is 1. The Labute approximate surface area is 438 Å². The molecule has 0 unspecified atom stereocenters. The Kier molecular flexibility index (Phi) is 15.0. The number of amides is 3. The minimum absolute atomic E-state index is 0.00344. The minimum Gasteiger partial charge on any atom is -0.508 e. The number of piperidine rings is 1. The van der Waals surface area contributed by atoms with E-state index in [1.165, 1.54) is 30.2 Å². The van der Waals surface area contributed by atoms with Gasteiger partial charge < -0.3 is 43.7 Å². The molecular weight excluding hydrogens is 948 g/mol. The number of aromatic hydroxyl groups is 1. The first-order valence-electron chi connectivity index (χ1n) is 26.4. The number of fused-ring (bicyclic) bond motifs is 2. The SMILES string of the molecule is Cc1cc(OCCN2CCOCC2)c(F)cc1CC(=O)N1CCc2cc(-c3c(-c4cc(C#N)n(C)c4C)c(C(=O)Nc4ccc(O)cc4)c(C)n3C)c(C(=O)N3Cc4ccccc4C[C@H]3CN3CCCCC3)cc2C1. The van der Waals surface area contributed by atoms with Gasteiger partial charge in [0.15, 0.2) is 11.6 Å². The Bertz CT molecular complexity index is 3200. The number of likely N-dealkylation sites (tertiary alicyclic amines) is 1. The highest BCUT2D eigenvalue weighted by atomic mass is 19.1. The van der Waals surface area contributed by atoms with Gasteiger partial charge in [-0.3, -0.25) is 19.3 Å². The second-order valence-corrected chi connectivity index (χ2v) is 20.8. The summed E-state index contributed by atoms with van der Waals surface area (Å²) in [5.74, 6) is -0.940. The highest BCUT2D eigenvalue weighted by molar-refractivity contribution is 6.14. The van der Waals surface area contributed by atoms with Crippen LogP contribution in [0.1, 0.15) is 90.4 Å². The fourth-order valence-corrected chi connectivity index (χ4v) is 11.6. The van der Waals surface area contributed by atoms with E-state index in [2.05, 4.69) is 45.5 Å². The first-order chi connectivity index (χ1) is 36.3. The fourth-order valence-electron chi connectivity index (χ4n) is 11.6. The molecule has 15 heteroatoms. The summed E-state index contributed by atoms with van der Waals surface area (Å²) in [6.07, 6.45) is 4.65. The topological polar surface area (TPSA) is 149 Å². The molecule has 2 N–H and O–H groups in total. The molecule has 6 aromatic rings. The number of hydrogen-bond acceptors (Lipinski definition) is 9. The first-order valence-corrected chi connectivity index (χ1v) is 26.4. The maximum absolute atomic E-state index is 16.1. The molecule has 390 valence electrons. The highest BCUT2D eigenvalue weighted by Gasteiger charge is 2.37. The van der Waals surface area contributed by atoms with E-state index in [4.69, 9.17) is 9.47 Å². The van der Waals surface area contributed by atoms with Crippen LogP contribution in [0, 0.1) is 37.9 Å². The molecule has 75 heavy (non-hydrogen) atoms. The van der Waals surface area contributed by atoms with Crippen molar-refractivity contribution in [3.8, 4) is 40.0 Å². The number of morpholine rings is 1. The number of nitrogens with zero attached hydrogens (tertiary/aromatic N) is 7. The van der Waals surface area contributed by atoms with Gasteiger partial charge in [-0.1, -0.05) is 30.7 Å². The van der Waals surface area contributed by atoms with Crippen LogP contribution in [0.5, 0.6) is 11.5 Å². The maximum atomic E-state index is 16.1. The maximum Gasteiger partial charge on any atom is 0.258 e. The molecule has 2 fully saturated rings. The second kappa shape index (κ2) is 21.9. The van der Waals surface area contributed by atoms with Gasteiger partial charge in [0.1, 0.15) is 24.1 Å². The molecule has 3 amide bonds. The van der Waals surface area contributed by atoms with Crippen molar-refractivity contribution in [1.82, 2.24) is 28.7 Å². The number of anilines is 1. The van der Waals surface area contributed by atoms with Gasteiger partial charge in [-0.25, -0.2) is 4.39 Å². The number of carbonyl (C=O) groups is 3. The van der Waals surface area contributed by atoms with Crippen molar-refractivity contribution in [1.29, 1.82) is 5.26 Å². The third-order valence-electron chi connectivity index (χ3n) is 16.2. The van der Waals surface area contributed by atoms with Crippen molar-refractivity contribution in [3.05, 3.63) is 146 Å². The molecule has 2 aromatic heterocycles. The molecule has 1 atom stereocenters. The van der Waals surface area contributed by atoms with E-state index in [0.717, 1.165) is 73.5 Å². The lowest BCUT2D eigenvalue weighted by atomic mass is 9.87. The van der Waals surface area contributed by atoms with E-state index < -0.39 is 5.82 Å². The molecule has 4 aliphatic heterocycles. The lowest BCUT2D eigenvalue weighted by Crippen LogP contribution is -2.51. The van der Waals surface area contributed by atoms with E-state index in [9.17, 15) is 20.0 Å². The van der Waals surface area contributed by atoms with Crippen molar-refractivity contribution in [2.24, 2.45) is 14.1 Å². The number of carbonyl (C=O) groups excluding carboxylic acids is 3. The monoisotopic (exact) mass is 1010 g/mol. The van der Waals surface area contributed by atoms with Crippen molar-refractivity contribution in [2.45, 2.75) is 78.4 Å². The van der Waals surface area contributed by atoms with Gasteiger partial charge in [-0.15, -0.1) is 0 Å². The summed E-state index contributed by atoms with van der Waals surface area (Å²) in [5.41, 5.74) is 11.3. The average molecular weight is 1020 g/mol. The predicted molar refractivity (Wildman–Crippen MR) is 286 cm³/mol. The van der Waals surface area contributed by atoms with E-state index >= 15 is 9.18 Å². The van der Waals surface area contributed by atoms with Crippen molar-refractivity contribution in [2.75, 3.05) is 71.0 Å². The van der Waals surface area contributed by atoms with Gasteiger partial charge >= 0.3 is 0 Å². The Hall–Kier alpha value is -7.25. The van der Waals surface area contributed by atoms with E-state index in [-0.39, 0.29) is 48.2 Å². The number of phenols is 1. The summed E-state index contributed by atoms with van der Waals surface area (Å²) in [7, 11) is 3.74. The molecule has 0 bridgehead atoms. The van der Waals surface area contributed by atoms with Gasteiger partial charge in [0.05, 0.1) is 30.9 Å². The second-order valence-electron chi connectivity index (χ2n) is 20.8. The summed E-state index contributed by atoms with van der Waals surface area (Å²) in [4.78, 5) is 53.8. The van der Waals surface area contributed by atoms with Crippen LogP contribution in [0.25, 0.3) is 22.4 Å². The molecule has 0 aliphatic carbocycles. The zero-order valence-corrected chi connectivity index (χ0v) is 43.8. The molecule has 0 spiro atoms. The zero-order chi connectivity index (χ0) is 52.5. The molecule has 0 saturated carbocycles. The average Bonchev–Trinajstić information content (AvgIpc) is 3.87. The lowest BCUT2D eigenvalue weighted by Gasteiger charge is -2.41. The summed E-state index contributed by atoms with van der Waals surface area (Å²) in [6, 6.07) is 25.8.